The second kappa shape index (κ2) is 5.79. The summed E-state index contributed by atoms with van der Waals surface area (Å²) in [6.45, 7) is 1.42. The van der Waals surface area contributed by atoms with E-state index in [1.165, 1.54) is 10.9 Å². The first-order valence-electron chi connectivity index (χ1n) is 6.16. The lowest BCUT2D eigenvalue weighted by Gasteiger charge is -2.15. The standard InChI is InChI=1S/C11H17N5O3/c1-15(7-10(17)12-8-2-3-8)4-5-16-6-9(11(18)19)13-14-16/h6,8H,2-5,7H2,1H3,(H,12,17)(H,18,19). The minimum absolute atomic E-state index is 0.0230. The van der Waals surface area contributed by atoms with E-state index in [9.17, 15) is 9.59 Å². The molecule has 1 aliphatic carbocycles. The molecule has 0 unspecified atom stereocenters. The maximum Gasteiger partial charge on any atom is 0.358 e. The number of amides is 1. The van der Waals surface area contributed by atoms with Crippen LogP contribution in [0.5, 0.6) is 0 Å². The van der Waals surface area contributed by atoms with Gasteiger partial charge in [-0.15, -0.1) is 5.10 Å². The molecule has 1 aromatic heterocycles. The lowest BCUT2D eigenvalue weighted by molar-refractivity contribution is -0.122. The summed E-state index contributed by atoms with van der Waals surface area (Å²) in [5, 5.41) is 18.8. The smallest absolute Gasteiger partial charge is 0.358 e. The molecule has 0 radical (unpaired) electrons. The molecule has 104 valence electrons. The Morgan fingerprint density at radius 1 is 1.58 bits per heavy atom. The highest BCUT2D eigenvalue weighted by atomic mass is 16.4. The van der Waals surface area contributed by atoms with Gasteiger partial charge in [0.05, 0.1) is 19.3 Å². The number of aromatic nitrogens is 3. The van der Waals surface area contributed by atoms with Crippen LogP contribution in [0.25, 0.3) is 0 Å². The quantitative estimate of drug-likeness (QED) is 0.670. The molecule has 2 N–H and O–H groups in total. The van der Waals surface area contributed by atoms with E-state index in [-0.39, 0.29) is 11.6 Å². The van der Waals surface area contributed by atoms with Gasteiger partial charge in [-0.05, 0) is 19.9 Å². The van der Waals surface area contributed by atoms with Gasteiger partial charge in [0.1, 0.15) is 0 Å². The van der Waals surface area contributed by atoms with E-state index in [0.29, 0.717) is 25.7 Å². The third-order valence-electron chi connectivity index (χ3n) is 2.82. The second-order valence-corrected chi connectivity index (χ2v) is 4.75. The molecule has 1 aliphatic rings. The fraction of sp³-hybridized carbons (Fsp3) is 0.636. The van der Waals surface area contributed by atoms with Crippen LogP contribution in [0.15, 0.2) is 6.20 Å². The Kier molecular flexibility index (Phi) is 4.10. The predicted molar refractivity (Wildman–Crippen MR) is 65.6 cm³/mol. The van der Waals surface area contributed by atoms with Crippen molar-refractivity contribution < 1.29 is 14.7 Å². The molecule has 1 amide bonds. The van der Waals surface area contributed by atoms with E-state index in [1.807, 2.05) is 11.9 Å². The first-order valence-corrected chi connectivity index (χ1v) is 6.16. The number of carbonyl (C=O) groups is 2. The second-order valence-electron chi connectivity index (χ2n) is 4.75. The maximum atomic E-state index is 11.5. The van der Waals surface area contributed by atoms with E-state index < -0.39 is 5.97 Å². The van der Waals surface area contributed by atoms with Crippen molar-refractivity contribution in [3.63, 3.8) is 0 Å². The Bertz CT molecular complexity index is 469. The van der Waals surface area contributed by atoms with Crippen molar-refractivity contribution in [3.8, 4) is 0 Å². The Morgan fingerprint density at radius 2 is 2.32 bits per heavy atom. The number of carboxylic acids is 1. The zero-order valence-electron chi connectivity index (χ0n) is 10.7. The summed E-state index contributed by atoms with van der Waals surface area (Å²) in [4.78, 5) is 24.0. The summed E-state index contributed by atoms with van der Waals surface area (Å²) in [7, 11) is 1.83. The van der Waals surface area contributed by atoms with Crippen LogP contribution in [0, 0.1) is 0 Å². The molecule has 19 heavy (non-hydrogen) atoms. The van der Waals surface area contributed by atoms with Gasteiger partial charge in [0.2, 0.25) is 5.91 Å². The van der Waals surface area contributed by atoms with Crippen molar-refractivity contribution in [1.29, 1.82) is 0 Å². The van der Waals surface area contributed by atoms with Crippen LogP contribution >= 0.6 is 0 Å². The van der Waals surface area contributed by atoms with Crippen LogP contribution < -0.4 is 5.32 Å². The molecular formula is C11H17N5O3. The minimum atomic E-state index is -1.09. The molecule has 0 bridgehead atoms. The number of aromatic carboxylic acids is 1. The number of carbonyl (C=O) groups excluding carboxylic acids is 1. The molecule has 0 saturated heterocycles. The average Bonchev–Trinajstić information content (AvgIpc) is 3.01. The van der Waals surface area contributed by atoms with Crippen molar-refractivity contribution >= 4 is 11.9 Å². The van der Waals surface area contributed by atoms with Crippen LogP contribution in [-0.4, -0.2) is 63.1 Å². The third-order valence-corrected chi connectivity index (χ3v) is 2.82. The van der Waals surface area contributed by atoms with Gasteiger partial charge in [-0.1, -0.05) is 5.21 Å². The fourth-order valence-electron chi connectivity index (χ4n) is 1.60. The highest BCUT2D eigenvalue weighted by molar-refractivity contribution is 5.84. The number of hydrogen-bond acceptors (Lipinski definition) is 5. The molecule has 1 heterocycles. The molecular weight excluding hydrogens is 250 g/mol. The molecule has 8 nitrogen and oxygen atoms in total. The van der Waals surface area contributed by atoms with E-state index >= 15 is 0 Å². The van der Waals surface area contributed by atoms with E-state index in [0.717, 1.165) is 12.8 Å². The average molecular weight is 267 g/mol. The van der Waals surface area contributed by atoms with Gasteiger partial charge in [-0.2, -0.15) is 0 Å². The molecule has 0 atom stereocenters. The van der Waals surface area contributed by atoms with Crippen molar-refractivity contribution in [2.45, 2.75) is 25.4 Å². The molecule has 2 rings (SSSR count). The summed E-state index contributed by atoms with van der Waals surface area (Å²) in [6, 6.07) is 0.370. The molecule has 0 aliphatic heterocycles. The number of carboxylic acid groups (broad SMARTS) is 1. The maximum absolute atomic E-state index is 11.5. The Hall–Kier alpha value is -1.96. The van der Waals surface area contributed by atoms with E-state index in [1.54, 1.807) is 0 Å². The Balaban J connectivity index is 1.70. The van der Waals surface area contributed by atoms with Gasteiger partial charge < -0.3 is 10.4 Å². The first-order chi connectivity index (χ1) is 9.04. The Morgan fingerprint density at radius 3 is 2.89 bits per heavy atom. The predicted octanol–water partition coefficient (Wildman–Crippen LogP) is -0.813. The topological polar surface area (TPSA) is 100 Å². The highest BCUT2D eigenvalue weighted by Crippen LogP contribution is 2.18. The lowest BCUT2D eigenvalue weighted by atomic mass is 10.4. The summed E-state index contributed by atoms with van der Waals surface area (Å²) < 4.78 is 1.46. The van der Waals surface area contributed by atoms with Crippen molar-refractivity contribution in [2.75, 3.05) is 20.1 Å². The van der Waals surface area contributed by atoms with Gasteiger partial charge in [-0.3, -0.25) is 14.4 Å². The van der Waals surface area contributed by atoms with Crippen LogP contribution in [0.4, 0.5) is 0 Å². The zero-order chi connectivity index (χ0) is 13.8. The van der Waals surface area contributed by atoms with Crippen molar-refractivity contribution in [3.05, 3.63) is 11.9 Å². The van der Waals surface area contributed by atoms with Gasteiger partial charge >= 0.3 is 5.97 Å². The summed E-state index contributed by atoms with van der Waals surface area (Å²) in [5.41, 5.74) is -0.0749. The summed E-state index contributed by atoms with van der Waals surface area (Å²) >= 11 is 0. The van der Waals surface area contributed by atoms with Crippen LogP contribution in [0.2, 0.25) is 0 Å². The number of hydrogen-bond donors (Lipinski definition) is 2. The Labute approximate surface area is 110 Å². The lowest BCUT2D eigenvalue weighted by Crippen LogP contribution is -2.37. The first kappa shape index (κ1) is 13.5. The zero-order valence-corrected chi connectivity index (χ0v) is 10.7. The SMILES string of the molecule is CN(CCn1cc(C(=O)O)nn1)CC(=O)NC1CC1. The number of rotatable bonds is 7. The largest absolute Gasteiger partial charge is 0.476 e. The van der Waals surface area contributed by atoms with Gasteiger partial charge in [0.25, 0.3) is 0 Å². The third kappa shape index (κ3) is 4.32. The van der Waals surface area contributed by atoms with E-state index in [4.69, 9.17) is 5.11 Å². The molecule has 1 aromatic rings. The van der Waals surface area contributed by atoms with Gasteiger partial charge in [0, 0.05) is 12.6 Å². The van der Waals surface area contributed by atoms with Crippen molar-refractivity contribution in [2.24, 2.45) is 0 Å². The monoisotopic (exact) mass is 267 g/mol. The highest BCUT2D eigenvalue weighted by Gasteiger charge is 2.23. The number of likely N-dealkylation sites (N-methyl/N-ethyl adjacent to an activating group) is 1. The van der Waals surface area contributed by atoms with Crippen LogP contribution in [-0.2, 0) is 11.3 Å². The van der Waals surface area contributed by atoms with Gasteiger partial charge in [-0.25, -0.2) is 4.79 Å². The van der Waals surface area contributed by atoms with E-state index in [2.05, 4.69) is 15.6 Å². The molecule has 1 saturated carbocycles. The molecule has 1 fully saturated rings. The fourth-order valence-corrected chi connectivity index (χ4v) is 1.60. The molecule has 8 heteroatoms. The normalized spacial score (nSPS) is 14.6. The minimum Gasteiger partial charge on any atom is -0.476 e. The summed E-state index contributed by atoms with van der Waals surface area (Å²) in [5.74, 6) is -1.07. The number of nitrogens with one attached hydrogen (secondary N) is 1. The van der Waals surface area contributed by atoms with Gasteiger partial charge in [0.15, 0.2) is 5.69 Å². The molecule has 0 aromatic carbocycles. The summed E-state index contributed by atoms with van der Waals surface area (Å²) in [6.07, 6.45) is 3.53. The van der Waals surface area contributed by atoms with Crippen LogP contribution in [0.1, 0.15) is 23.3 Å². The molecule has 0 spiro atoms. The van der Waals surface area contributed by atoms with Crippen LogP contribution in [0.3, 0.4) is 0 Å². The number of nitrogens with zero attached hydrogens (tertiary/aromatic N) is 4. The van der Waals surface area contributed by atoms with Crippen molar-refractivity contribution in [1.82, 2.24) is 25.2 Å².